The number of piperidine rings is 1. The molecule has 1 aliphatic carbocycles. The van der Waals surface area contributed by atoms with E-state index in [-0.39, 0.29) is 23.5 Å². The molecule has 5 nitrogen and oxygen atoms in total. The maximum atomic E-state index is 12.8. The number of hydrogen-bond acceptors (Lipinski definition) is 5. The summed E-state index contributed by atoms with van der Waals surface area (Å²) in [4.78, 5) is 38.8. The zero-order valence-corrected chi connectivity index (χ0v) is 13.6. The first-order valence-electron chi connectivity index (χ1n) is 7.68. The number of ketones is 2. The summed E-state index contributed by atoms with van der Waals surface area (Å²) in [6.07, 6.45) is 1.21. The molecule has 23 heavy (non-hydrogen) atoms. The number of Topliss-reactive ketones (excluding diaryl/α,β-unsaturated/α-hetero) is 2. The molecule has 0 aromatic heterocycles. The van der Waals surface area contributed by atoms with Crippen LogP contribution in [0.25, 0.3) is 0 Å². The van der Waals surface area contributed by atoms with Crippen LogP contribution < -0.4 is 0 Å². The van der Waals surface area contributed by atoms with Gasteiger partial charge >= 0.3 is 5.97 Å². The molecule has 1 aromatic rings. The van der Waals surface area contributed by atoms with Crippen LogP contribution in [0.1, 0.15) is 33.6 Å². The van der Waals surface area contributed by atoms with Gasteiger partial charge in [-0.15, -0.1) is 11.6 Å². The molecule has 1 heterocycles. The minimum absolute atomic E-state index is 0.114. The minimum atomic E-state index is -0.882. The lowest BCUT2D eigenvalue weighted by molar-refractivity contribution is -0.147. The Morgan fingerprint density at radius 1 is 1.13 bits per heavy atom. The van der Waals surface area contributed by atoms with E-state index in [4.69, 9.17) is 16.3 Å². The fraction of sp³-hybridized carbons (Fsp3) is 0.471. The molecule has 0 spiro atoms. The molecule has 0 saturated carbocycles. The van der Waals surface area contributed by atoms with E-state index in [2.05, 4.69) is 0 Å². The SMILES string of the molecule is COC(=O)C1CCN(C2C(=O)c3ccccc3C(=O)C2Cl)CC1. The van der Waals surface area contributed by atoms with E-state index >= 15 is 0 Å². The van der Waals surface area contributed by atoms with Crippen molar-refractivity contribution in [1.82, 2.24) is 4.90 Å². The van der Waals surface area contributed by atoms with Crippen LogP contribution in [-0.4, -0.2) is 54.1 Å². The molecular weight excluding hydrogens is 318 g/mol. The lowest BCUT2D eigenvalue weighted by atomic mass is 9.83. The standard InChI is InChI=1S/C17H18ClNO4/c1-23-17(22)10-6-8-19(9-7-10)14-13(18)15(20)11-4-2-3-5-12(11)16(14)21/h2-5,10,13-14H,6-9H2,1H3. The van der Waals surface area contributed by atoms with Crippen molar-refractivity contribution in [2.45, 2.75) is 24.3 Å². The normalized spacial score (nSPS) is 26.0. The number of fused-ring (bicyclic) bond motifs is 1. The molecule has 0 N–H and O–H groups in total. The fourth-order valence-corrected chi connectivity index (χ4v) is 3.82. The fourth-order valence-electron chi connectivity index (χ4n) is 3.43. The summed E-state index contributed by atoms with van der Waals surface area (Å²) in [5.74, 6) is -0.686. The summed E-state index contributed by atoms with van der Waals surface area (Å²) in [6.45, 7) is 1.10. The van der Waals surface area contributed by atoms with Crippen LogP contribution in [0.4, 0.5) is 0 Å². The number of hydrogen-bond donors (Lipinski definition) is 0. The number of nitrogens with zero attached hydrogens (tertiary/aromatic N) is 1. The summed E-state index contributed by atoms with van der Waals surface area (Å²) in [6, 6.07) is 6.14. The van der Waals surface area contributed by atoms with Gasteiger partial charge in [-0.1, -0.05) is 24.3 Å². The van der Waals surface area contributed by atoms with Gasteiger partial charge in [-0.3, -0.25) is 19.3 Å². The molecule has 1 fully saturated rings. The molecule has 0 bridgehead atoms. The highest BCUT2D eigenvalue weighted by molar-refractivity contribution is 6.39. The van der Waals surface area contributed by atoms with Crippen LogP contribution in [0.3, 0.4) is 0 Å². The minimum Gasteiger partial charge on any atom is -0.469 e. The van der Waals surface area contributed by atoms with E-state index in [9.17, 15) is 14.4 Å². The largest absolute Gasteiger partial charge is 0.469 e. The number of rotatable bonds is 2. The molecular formula is C17H18ClNO4. The number of halogens is 1. The quantitative estimate of drug-likeness (QED) is 0.610. The van der Waals surface area contributed by atoms with E-state index in [1.165, 1.54) is 7.11 Å². The monoisotopic (exact) mass is 335 g/mol. The number of esters is 1. The highest BCUT2D eigenvalue weighted by Crippen LogP contribution is 2.31. The number of carbonyl (C=O) groups excluding carboxylic acids is 3. The molecule has 1 aromatic carbocycles. The number of ether oxygens (including phenoxy) is 1. The van der Waals surface area contributed by atoms with Crippen molar-refractivity contribution in [3.63, 3.8) is 0 Å². The first-order chi connectivity index (χ1) is 11.0. The Hall–Kier alpha value is -1.72. The van der Waals surface area contributed by atoms with Crippen molar-refractivity contribution in [3.8, 4) is 0 Å². The van der Waals surface area contributed by atoms with Gasteiger partial charge in [0.15, 0.2) is 11.6 Å². The van der Waals surface area contributed by atoms with E-state index in [0.29, 0.717) is 37.1 Å². The van der Waals surface area contributed by atoms with Gasteiger partial charge in [0.25, 0.3) is 0 Å². The van der Waals surface area contributed by atoms with Gasteiger partial charge in [0.1, 0.15) is 5.38 Å². The first-order valence-corrected chi connectivity index (χ1v) is 8.11. The number of likely N-dealkylation sites (tertiary alicyclic amines) is 1. The molecule has 2 atom stereocenters. The Labute approximate surface area is 139 Å². The summed E-state index contributed by atoms with van der Waals surface area (Å²) in [7, 11) is 1.38. The second-order valence-electron chi connectivity index (χ2n) is 5.95. The highest BCUT2D eigenvalue weighted by atomic mass is 35.5. The van der Waals surface area contributed by atoms with Crippen molar-refractivity contribution in [1.29, 1.82) is 0 Å². The van der Waals surface area contributed by atoms with Crippen LogP contribution in [-0.2, 0) is 9.53 Å². The average molecular weight is 336 g/mol. The lowest BCUT2D eigenvalue weighted by Crippen LogP contribution is -2.55. The second kappa shape index (κ2) is 6.42. The molecule has 1 aliphatic heterocycles. The number of methoxy groups -OCH3 is 1. The van der Waals surface area contributed by atoms with Crippen molar-refractivity contribution in [3.05, 3.63) is 35.4 Å². The zero-order chi connectivity index (χ0) is 16.6. The predicted molar refractivity (Wildman–Crippen MR) is 84.8 cm³/mol. The molecule has 2 aliphatic rings. The molecule has 1 saturated heterocycles. The van der Waals surface area contributed by atoms with Crippen LogP contribution >= 0.6 is 11.6 Å². The van der Waals surface area contributed by atoms with Gasteiger partial charge in [0.05, 0.1) is 19.1 Å². The average Bonchev–Trinajstić information content (AvgIpc) is 2.60. The summed E-state index contributed by atoms with van der Waals surface area (Å²) < 4.78 is 4.77. The van der Waals surface area contributed by atoms with Crippen molar-refractivity contribution < 1.29 is 19.1 Å². The zero-order valence-electron chi connectivity index (χ0n) is 12.8. The predicted octanol–water partition coefficient (Wildman–Crippen LogP) is 1.93. The summed E-state index contributed by atoms with van der Waals surface area (Å²) in [5, 5.41) is -0.882. The number of benzene rings is 1. The van der Waals surface area contributed by atoms with Gasteiger partial charge < -0.3 is 4.74 Å². The third-order valence-corrected chi connectivity index (χ3v) is 5.15. The van der Waals surface area contributed by atoms with Gasteiger partial charge in [-0.2, -0.15) is 0 Å². The third-order valence-electron chi connectivity index (χ3n) is 4.71. The van der Waals surface area contributed by atoms with Crippen molar-refractivity contribution >= 4 is 29.1 Å². The van der Waals surface area contributed by atoms with Crippen molar-refractivity contribution in [2.24, 2.45) is 5.92 Å². The van der Waals surface area contributed by atoms with Crippen LogP contribution in [0.2, 0.25) is 0 Å². The van der Waals surface area contributed by atoms with E-state index in [0.717, 1.165) is 0 Å². The second-order valence-corrected chi connectivity index (χ2v) is 6.42. The Bertz CT molecular complexity index is 652. The number of carbonyl (C=O) groups is 3. The van der Waals surface area contributed by atoms with E-state index in [1.807, 2.05) is 4.90 Å². The topological polar surface area (TPSA) is 63.7 Å². The summed E-state index contributed by atoms with van der Waals surface area (Å²) >= 11 is 6.31. The summed E-state index contributed by atoms with van der Waals surface area (Å²) in [5.41, 5.74) is 0.840. The molecule has 2 unspecified atom stereocenters. The van der Waals surface area contributed by atoms with Gasteiger partial charge in [0, 0.05) is 11.1 Å². The molecule has 0 amide bonds. The van der Waals surface area contributed by atoms with Crippen LogP contribution in [0.15, 0.2) is 24.3 Å². The number of alkyl halides is 1. The van der Waals surface area contributed by atoms with Crippen LogP contribution in [0, 0.1) is 5.92 Å². The smallest absolute Gasteiger partial charge is 0.308 e. The molecule has 3 rings (SSSR count). The Morgan fingerprint density at radius 3 is 2.26 bits per heavy atom. The Balaban J connectivity index is 1.80. The van der Waals surface area contributed by atoms with Crippen molar-refractivity contribution in [2.75, 3.05) is 20.2 Å². The maximum absolute atomic E-state index is 12.8. The molecule has 6 heteroatoms. The van der Waals surface area contributed by atoms with E-state index in [1.54, 1.807) is 24.3 Å². The highest BCUT2D eigenvalue weighted by Gasteiger charge is 2.44. The third kappa shape index (κ3) is 2.79. The Morgan fingerprint density at radius 2 is 1.70 bits per heavy atom. The molecule has 0 radical (unpaired) electrons. The lowest BCUT2D eigenvalue weighted by Gasteiger charge is -2.39. The maximum Gasteiger partial charge on any atom is 0.308 e. The Kier molecular flexibility index (Phi) is 4.50. The van der Waals surface area contributed by atoms with Crippen LogP contribution in [0.5, 0.6) is 0 Å². The van der Waals surface area contributed by atoms with Gasteiger partial charge in [-0.05, 0) is 25.9 Å². The van der Waals surface area contributed by atoms with Gasteiger partial charge in [-0.25, -0.2) is 0 Å². The van der Waals surface area contributed by atoms with Gasteiger partial charge in [0.2, 0.25) is 0 Å². The van der Waals surface area contributed by atoms with E-state index < -0.39 is 11.4 Å². The molecule has 122 valence electrons. The first kappa shape index (κ1) is 16.1.